The van der Waals surface area contributed by atoms with Crippen molar-refractivity contribution in [2.45, 2.75) is 77.6 Å². The molecule has 5 rings (SSSR count). The Balaban J connectivity index is 1.38. The SMILES string of the molecule is CCOc1ccc(CN2c3ccc(C(=O)N4CCC(OCC)CC4)cc3C3CN(C(C)C)CCC32)cc1. The van der Waals surface area contributed by atoms with Gasteiger partial charge in [-0.15, -0.1) is 0 Å². The van der Waals surface area contributed by atoms with Crippen LogP contribution in [0.1, 0.15) is 74.4 Å². The van der Waals surface area contributed by atoms with Gasteiger partial charge in [0.05, 0.1) is 12.7 Å². The molecule has 2 fully saturated rings. The third-order valence-corrected chi connectivity index (χ3v) is 8.44. The van der Waals surface area contributed by atoms with Crippen molar-refractivity contribution in [1.82, 2.24) is 9.80 Å². The van der Waals surface area contributed by atoms with Crippen molar-refractivity contribution in [1.29, 1.82) is 0 Å². The minimum absolute atomic E-state index is 0.163. The molecule has 0 aliphatic carbocycles. The van der Waals surface area contributed by atoms with Crippen molar-refractivity contribution in [2.75, 3.05) is 44.3 Å². The molecule has 3 heterocycles. The molecule has 2 atom stereocenters. The maximum atomic E-state index is 13.5. The van der Waals surface area contributed by atoms with E-state index in [2.05, 4.69) is 66.1 Å². The van der Waals surface area contributed by atoms with Gasteiger partial charge in [-0.05, 0) is 88.4 Å². The summed E-state index contributed by atoms with van der Waals surface area (Å²) in [7, 11) is 0. The third-order valence-electron chi connectivity index (χ3n) is 8.44. The van der Waals surface area contributed by atoms with E-state index in [-0.39, 0.29) is 12.0 Å². The molecule has 3 aliphatic rings. The average molecular weight is 506 g/mol. The molecule has 0 saturated carbocycles. The predicted molar refractivity (Wildman–Crippen MR) is 149 cm³/mol. The van der Waals surface area contributed by atoms with Crippen molar-refractivity contribution in [3.05, 3.63) is 59.2 Å². The van der Waals surface area contributed by atoms with Crippen molar-refractivity contribution in [2.24, 2.45) is 0 Å². The highest BCUT2D eigenvalue weighted by Crippen LogP contribution is 2.46. The number of fused-ring (bicyclic) bond motifs is 3. The van der Waals surface area contributed by atoms with Crippen LogP contribution in [0, 0.1) is 0 Å². The summed E-state index contributed by atoms with van der Waals surface area (Å²) in [5, 5.41) is 0. The normalized spacial score (nSPS) is 22.3. The molecule has 2 unspecified atom stereocenters. The molecular formula is C31H43N3O3. The summed E-state index contributed by atoms with van der Waals surface area (Å²) in [5.41, 5.74) is 4.76. The standard InChI is InChI=1S/C31H43N3O3/c1-5-36-25-10-7-23(8-11-25)20-34-29-12-9-24(31(35)32-16-13-26(14-17-32)37-6-2)19-27(29)28-21-33(22(3)4)18-15-30(28)34/h7-12,19,22,26,28,30H,5-6,13-18,20-21H2,1-4H3. The second kappa shape index (κ2) is 11.4. The summed E-state index contributed by atoms with van der Waals surface area (Å²) < 4.78 is 11.4. The molecule has 0 spiro atoms. The molecule has 0 bridgehead atoms. The Morgan fingerprint density at radius 2 is 1.73 bits per heavy atom. The molecule has 6 nitrogen and oxygen atoms in total. The van der Waals surface area contributed by atoms with E-state index < -0.39 is 0 Å². The quantitative estimate of drug-likeness (QED) is 0.486. The van der Waals surface area contributed by atoms with Gasteiger partial charge in [0.15, 0.2) is 0 Å². The lowest BCUT2D eigenvalue weighted by atomic mass is 9.87. The van der Waals surface area contributed by atoms with E-state index in [0.29, 0.717) is 24.6 Å². The fourth-order valence-electron chi connectivity index (χ4n) is 6.44. The molecule has 2 aromatic rings. The van der Waals surface area contributed by atoms with E-state index in [1.54, 1.807) is 0 Å². The predicted octanol–water partition coefficient (Wildman–Crippen LogP) is 5.31. The smallest absolute Gasteiger partial charge is 0.253 e. The molecule has 200 valence electrons. The van der Waals surface area contributed by atoms with E-state index in [1.165, 1.54) is 16.8 Å². The van der Waals surface area contributed by atoms with Gasteiger partial charge < -0.3 is 24.2 Å². The summed E-state index contributed by atoms with van der Waals surface area (Å²) in [6.07, 6.45) is 3.28. The number of anilines is 1. The molecule has 0 radical (unpaired) electrons. The number of carbonyl (C=O) groups is 1. The Morgan fingerprint density at radius 1 is 0.973 bits per heavy atom. The lowest BCUT2D eigenvalue weighted by Crippen LogP contribution is -2.48. The minimum Gasteiger partial charge on any atom is -0.494 e. The van der Waals surface area contributed by atoms with Gasteiger partial charge in [-0.3, -0.25) is 4.79 Å². The minimum atomic E-state index is 0.163. The number of ether oxygens (including phenoxy) is 2. The van der Waals surface area contributed by atoms with Crippen LogP contribution in [-0.4, -0.2) is 73.3 Å². The second-order valence-corrected chi connectivity index (χ2v) is 11.0. The number of hydrogen-bond donors (Lipinski definition) is 0. The van der Waals surface area contributed by atoms with Gasteiger partial charge in [0.25, 0.3) is 5.91 Å². The van der Waals surface area contributed by atoms with Crippen LogP contribution in [0.5, 0.6) is 5.75 Å². The zero-order valence-electron chi connectivity index (χ0n) is 23.0. The van der Waals surface area contributed by atoms with Crippen molar-refractivity contribution in [3.63, 3.8) is 0 Å². The summed E-state index contributed by atoms with van der Waals surface area (Å²) in [5.74, 6) is 1.51. The first-order valence-electron chi connectivity index (χ1n) is 14.3. The number of rotatable bonds is 8. The van der Waals surface area contributed by atoms with Crippen LogP contribution in [-0.2, 0) is 11.3 Å². The largest absolute Gasteiger partial charge is 0.494 e. The van der Waals surface area contributed by atoms with Crippen LogP contribution in [0.4, 0.5) is 5.69 Å². The molecular weight excluding hydrogens is 462 g/mol. The molecule has 3 aliphatic heterocycles. The summed E-state index contributed by atoms with van der Waals surface area (Å²) in [4.78, 5) is 20.7. The Hall–Kier alpha value is -2.57. The van der Waals surface area contributed by atoms with Crippen LogP contribution in [0.3, 0.4) is 0 Å². The lowest BCUT2D eigenvalue weighted by Gasteiger charge is -2.40. The lowest BCUT2D eigenvalue weighted by molar-refractivity contribution is 0.0146. The molecule has 0 aromatic heterocycles. The fourth-order valence-corrected chi connectivity index (χ4v) is 6.44. The van der Waals surface area contributed by atoms with E-state index in [9.17, 15) is 4.79 Å². The molecule has 1 amide bonds. The van der Waals surface area contributed by atoms with Crippen LogP contribution in [0.25, 0.3) is 0 Å². The summed E-state index contributed by atoms with van der Waals surface area (Å²) in [6, 6.07) is 16.0. The van der Waals surface area contributed by atoms with E-state index >= 15 is 0 Å². The second-order valence-electron chi connectivity index (χ2n) is 11.0. The first kappa shape index (κ1) is 26.1. The van der Waals surface area contributed by atoms with Gasteiger partial charge in [-0.2, -0.15) is 0 Å². The van der Waals surface area contributed by atoms with Gasteiger partial charge >= 0.3 is 0 Å². The highest BCUT2D eigenvalue weighted by Gasteiger charge is 2.42. The topological polar surface area (TPSA) is 45.3 Å². The Bertz CT molecular complexity index is 1060. The summed E-state index contributed by atoms with van der Waals surface area (Å²) in [6.45, 7) is 14.7. The van der Waals surface area contributed by atoms with Gasteiger partial charge in [0.2, 0.25) is 0 Å². The molecule has 2 saturated heterocycles. The van der Waals surface area contributed by atoms with Crippen molar-refractivity contribution < 1.29 is 14.3 Å². The number of benzene rings is 2. The van der Waals surface area contributed by atoms with Gasteiger partial charge in [0.1, 0.15) is 5.75 Å². The molecule has 37 heavy (non-hydrogen) atoms. The van der Waals surface area contributed by atoms with Crippen LogP contribution < -0.4 is 9.64 Å². The first-order valence-corrected chi connectivity index (χ1v) is 14.3. The van der Waals surface area contributed by atoms with Crippen molar-refractivity contribution in [3.8, 4) is 5.75 Å². The average Bonchev–Trinajstić information content (AvgIpc) is 3.22. The van der Waals surface area contributed by atoms with Gasteiger partial charge in [-0.25, -0.2) is 0 Å². The highest BCUT2D eigenvalue weighted by molar-refractivity contribution is 5.95. The maximum absolute atomic E-state index is 13.5. The Morgan fingerprint density at radius 3 is 2.41 bits per heavy atom. The number of hydrogen-bond acceptors (Lipinski definition) is 5. The zero-order chi connectivity index (χ0) is 25.9. The van der Waals surface area contributed by atoms with Crippen LogP contribution >= 0.6 is 0 Å². The van der Waals surface area contributed by atoms with E-state index in [0.717, 1.165) is 69.9 Å². The summed E-state index contributed by atoms with van der Waals surface area (Å²) >= 11 is 0. The molecule has 6 heteroatoms. The monoisotopic (exact) mass is 505 g/mol. The van der Waals surface area contributed by atoms with E-state index in [4.69, 9.17) is 9.47 Å². The number of carbonyl (C=O) groups excluding carboxylic acids is 1. The zero-order valence-corrected chi connectivity index (χ0v) is 23.0. The fraction of sp³-hybridized carbons (Fsp3) is 0.581. The number of nitrogens with zero attached hydrogens (tertiary/aromatic N) is 3. The Kier molecular flexibility index (Phi) is 8.06. The van der Waals surface area contributed by atoms with Crippen LogP contribution in [0.15, 0.2) is 42.5 Å². The molecule has 0 N–H and O–H groups in total. The highest BCUT2D eigenvalue weighted by atomic mass is 16.5. The van der Waals surface area contributed by atoms with E-state index in [1.807, 2.05) is 18.7 Å². The van der Waals surface area contributed by atoms with Crippen LogP contribution in [0.2, 0.25) is 0 Å². The number of likely N-dealkylation sites (tertiary alicyclic amines) is 2. The van der Waals surface area contributed by atoms with Gasteiger partial charge in [0, 0.05) is 68.6 Å². The third kappa shape index (κ3) is 5.51. The van der Waals surface area contributed by atoms with Crippen molar-refractivity contribution >= 4 is 11.6 Å². The maximum Gasteiger partial charge on any atom is 0.253 e. The first-order chi connectivity index (χ1) is 18.0. The number of amides is 1. The Labute approximate surface area is 222 Å². The van der Waals surface area contributed by atoms with Gasteiger partial charge in [-0.1, -0.05) is 12.1 Å². The molecule has 2 aromatic carbocycles. The number of piperidine rings is 2.